The summed E-state index contributed by atoms with van der Waals surface area (Å²) in [6, 6.07) is 4.22. The Bertz CT molecular complexity index is 1040. The molecule has 3 rings (SSSR count). The van der Waals surface area contributed by atoms with Gasteiger partial charge >= 0.3 is 12.3 Å². The van der Waals surface area contributed by atoms with Crippen LogP contribution >= 0.6 is 10.6 Å². The maximum absolute atomic E-state index is 14.6. The molecule has 0 atom stereocenters. The monoisotopic (exact) mass is 508 g/mol. The number of nitrogens with zero attached hydrogens (tertiary/aromatic N) is 2. The maximum atomic E-state index is 14.6. The largest absolute Gasteiger partial charge is 0.465 e. The van der Waals surface area contributed by atoms with Gasteiger partial charge in [-0.05, 0) is 37.3 Å². The van der Waals surface area contributed by atoms with Crippen LogP contribution in [0.2, 0.25) is 0 Å². The van der Waals surface area contributed by atoms with Crippen LogP contribution < -0.4 is 5.32 Å². The number of rotatable bonds is 7. The van der Waals surface area contributed by atoms with Crippen LogP contribution in [-0.4, -0.2) is 59.4 Å². The first-order valence-corrected chi connectivity index (χ1v) is 12.2. The molecule has 0 saturated carbocycles. The molecular formula is C20H24F4N4O5S. The molecule has 0 spiro atoms. The summed E-state index contributed by atoms with van der Waals surface area (Å²) in [5, 5.41) is 16.3. The number of hydrogen-bond donors (Lipinski definition) is 5. The third-order valence-electron chi connectivity index (χ3n) is 5.61. The smallest absolute Gasteiger partial charge is 0.435 e. The lowest BCUT2D eigenvalue weighted by Gasteiger charge is -2.39. The molecule has 2 amide bonds. The third kappa shape index (κ3) is 6.61. The maximum Gasteiger partial charge on any atom is 0.435 e. The Morgan fingerprint density at radius 2 is 1.91 bits per heavy atom. The number of halogens is 4. The summed E-state index contributed by atoms with van der Waals surface area (Å²) in [6.45, 7) is -0.396. The lowest BCUT2D eigenvalue weighted by atomic mass is 9.98. The third-order valence-corrected chi connectivity index (χ3v) is 7.39. The molecule has 9 nitrogen and oxygen atoms in total. The first-order chi connectivity index (χ1) is 15.9. The standard InChI is InChI=1S/C20H24F4N4O5S/c21-14-2-1-3-15(25-19(30)31)13(14)11-28(7-4-12-5-8-34(32,33)9-6-12)18(29)16-10-17(27-26-16)20(22,23)24/h1-3,10,12,25,32-33H,4-9,11H2,(H,26,27)(H,30,31). The minimum absolute atomic E-state index is 0.0178. The van der Waals surface area contributed by atoms with Crippen LogP contribution in [0.15, 0.2) is 24.3 Å². The summed E-state index contributed by atoms with van der Waals surface area (Å²) in [5.41, 5.74) is -1.98. The highest BCUT2D eigenvalue weighted by atomic mass is 32.3. The zero-order valence-corrected chi connectivity index (χ0v) is 18.6. The van der Waals surface area contributed by atoms with E-state index in [9.17, 15) is 36.3 Å². The highest BCUT2D eigenvalue weighted by Crippen LogP contribution is 2.46. The summed E-state index contributed by atoms with van der Waals surface area (Å²) in [6.07, 6.45) is -4.84. The summed E-state index contributed by atoms with van der Waals surface area (Å²) in [4.78, 5) is 25.3. The second kappa shape index (κ2) is 10.2. The fourth-order valence-electron chi connectivity index (χ4n) is 3.73. The number of benzene rings is 1. The van der Waals surface area contributed by atoms with Gasteiger partial charge in [-0.2, -0.15) is 28.9 Å². The molecule has 2 heterocycles. The molecule has 0 radical (unpaired) electrons. The first-order valence-electron chi connectivity index (χ1n) is 10.3. The molecule has 1 saturated heterocycles. The van der Waals surface area contributed by atoms with E-state index in [1.807, 2.05) is 0 Å². The molecule has 0 unspecified atom stereocenters. The Morgan fingerprint density at radius 1 is 1.24 bits per heavy atom. The average Bonchev–Trinajstić information content (AvgIpc) is 3.24. The van der Waals surface area contributed by atoms with Gasteiger partial charge in [-0.3, -0.25) is 24.3 Å². The van der Waals surface area contributed by atoms with Crippen molar-refractivity contribution in [3.63, 3.8) is 0 Å². The van der Waals surface area contributed by atoms with E-state index in [4.69, 9.17) is 5.11 Å². The number of anilines is 1. The van der Waals surface area contributed by atoms with Crippen molar-refractivity contribution in [2.75, 3.05) is 23.4 Å². The Balaban J connectivity index is 1.84. The minimum Gasteiger partial charge on any atom is -0.465 e. The van der Waals surface area contributed by atoms with Gasteiger partial charge in [0, 0.05) is 29.7 Å². The highest BCUT2D eigenvalue weighted by Gasteiger charge is 2.35. The molecule has 0 aliphatic carbocycles. The Morgan fingerprint density at radius 3 is 2.50 bits per heavy atom. The van der Waals surface area contributed by atoms with Crippen LogP contribution in [-0.2, 0) is 12.7 Å². The molecule has 1 fully saturated rings. The van der Waals surface area contributed by atoms with Crippen LogP contribution in [0.4, 0.5) is 28.0 Å². The van der Waals surface area contributed by atoms with Gasteiger partial charge in [0.05, 0.1) is 12.2 Å². The highest BCUT2D eigenvalue weighted by molar-refractivity contribution is 8.24. The number of carbonyl (C=O) groups is 2. The number of H-pyrrole nitrogens is 1. The molecule has 14 heteroatoms. The lowest BCUT2D eigenvalue weighted by Crippen LogP contribution is -2.34. The van der Waals surface area contributed by atoms with Gasteiger partial charge in [-0.1, -0.05) is 6.07 Å². The van der Waals surface area contributed by atoms with Gasteiger partial charge in [0.2, 0.25) is 0 Å². The van der Waals surface area contributed by atoms with Crippen LogP contribution in [0, 0.1) is 11.7 Å². The fourth-order valence-corrected chi connectivity index (χ4v) is 5.35. The number of carbonyl (C=O) groups excluding carboxylic acids is 1. The van der Waals surface area contributed by atoms with E-state index in [1.165, 1.54) is 12.1 Å². The fraction of sp³-hybridized carbons (Fsp3) is 0.450. The van der Waals surface area contributed by atoms with E-state index in [2.05, 4.69) is 15.5 Å². The van der Waals surface area contributed by atoms with Crippen molar-refractivity contribution in [2.45, 2.75) is 32.0 Å². The van der Waals surface area contributed by atoms with Crippen molar-refractivity contribution in [1.29, 1.82) is 0 Å². The molecule has 1 aliphatic rings. The van der Waals surface area contributed by atoms with Crippen LogP contribution in [0.3, 0.4) is 0 Å². The zero-order valence-electron chi connectivity index (χ0n) is 17.8. The number of alkyl halides is 3. The zero-order chi connectivity index (χ0) is 25.1. The molecular weight excluding hydrogens is 484 g/mol. The predicted molar refractivity (Wildman–Crippen MR) is 116 cm³/mol. The second-order valence-electron chi connectivity index (χ2n) is 8.03. The van der Waals surface area contributed by atoms with E-state index in [-0.39, 0.29) is 35.2 Å². The number of carboxylic acid groups (broad SMARTS) is 1. The molecule has 5 N–H and O–H groups in total. The van der Waals surface area contributed by atoms with Crippen molar-refractivity contribution in [3.8, 4) is 0 Å². The van der Waals surface area contributed by atoms with Gasteiger partial charge in [-0.15, -0.1) is 0 Å². The van der Waals surface area contributed by atoms with Gasteiger partial charge < -0.3 is 10.0 Å². The first kappa shape index (κ1) is 25.8. The van der Waals surface area contributed by atoms with Gasteiger partial charge in [0.15, 0.2) is 5.69 Å². The van der Waals surface area contributed by atoms with E-state index in [0.29, 0.717) is 25.3 Å². The number of nitrogens with one attached hydrogen (secondary N) is 2. The summed E-state index contributed by atoms with van der Waals surface area (Å²) < 4.78 is 72.9. The summed E-state index contributed by atoms with van der Waals surface area (Å²) in [7, 11) is -2.61. The number of aromatic amines is 1. The molecule has 2 aromatic rings. The Kier molecular flexibility index (Phi) is 7.73. The second-order valence-corrected chi connectivity index (χ2v) is 10.5. The Hall–Kier alpha value is -2.84. The van der Waals surface area contributed by atoms with Crippen molar-refractivity contribution in [2.24, 2.45) is 5.92 Å². The van der Waals surface area contributed by atoms with E-state index >= 15 is 0 Å². The van der Waals surface area contributed by atoms with Crippen molar-refractivity contribution in [3.05, 3.63) is 47.0 Å². The van der Waals surface area contributed by atoms with Crippen molar-refractivity contribution < 1.29 is 41.4 Å². The van der Waals surface area contributed by atoms with Crippen molar-refractivity contribution in [1.82, 2.24) is 15.1 Å². The van der Waals surface area contributed by atoms with E-state index < -0.39 is 52.5 Å². The molecule has 1 aliphatic heterocycles. The average molecular weight is 508 g/mol. The number of amides is 2. The molecule has 188 valence electrons. The summed E-state index contributed by atoms with van der Waals surface area (Å²) >= 11 is 0. The van der Waals surface area contributed by atoms with Gasteiger partial charge in [0.25, 0.3) is 5.91 Å². The molecule has 1 aromatic heterocycles. The van der Waals surface area contributed by atoms with Crippen LogP contribution in [0.25, 0.3) is 0 Å². The van der Waals surface area contributed by atoms with Gasteiger partial charge in [0.1, 0.15) is 11.5 Å². The van der Waals surface area contributed by atoms with Crippen LogP contribution in [0.5, 0.6) is 0 Å². The van der Waals surface area contributed by atoms with Crippen molar-refractivity contribution >= 4 is 28.3 Å². The Labute approximate surface area is 193 Å². The minimum atomic E-state index is -4.77. The van der Waals surface area contributed by atoms with E-state index in [0.717, 1.165) is 11.0 Å². The lowest BCUT2D eigenvalue weighted by molar-refractivity contribution is -0.141. The molecule has 0 bridgehead atoms. The number of hydrogen-bond acceptors (Lipinski definition) is 5. The molecule has 34 heavy (non-hydrogen) atoms. The van der Waals surface area contributed by atoms with Crippen LogP contribution in [0.1, 0.15) is 41.0 Å². The predicted octanol–water partition coefficient (Wildman–Crippen LogP) is 4.85. The quantitative estimate of drug-likeness (QED) is 0.339. The summed E-state index contributed by atoms with van der Waals surface area (Å²) in [5.74, 6) is -1.19. The van der Waals surface area contributed by atoms with E-state index in [1.54, 1.807) is 0 Å². The normalized spacial score (nSPS) is 17.2. The number of aromatic nitrogens is 2. The topological polar surface area (TPSA) is 139 Å². The SMILES string of the molecule is O=C(O)Nc1cccc(F)c1CN(CCC1CCS(O)(O)CC1)C(=O)c1cc(C(F)(F)F)n[nH]1. The van der Waals surface area contributed by atoms with Gasteiger partial charge in [-0.25, -0.2) is 9.18 Å². The molecule has 1 aromatic carbocycles.